The highest BCUT2D eigenvalue weighted by atomic mass is 19.1. The molecular formula is C11H11F. The van der Waals surface area contributed by atoms with Crippen LogP contribution in [-0.2, 0) is 0 Å². The monoisotopic (exact) mass is 162 g/mol. The van der Waals surface area contributed by atoms with E-state index in [1.54, 1.807) is 12.1 Å². The van der Waals surface area contributed by atoms with Crippen LogP contribution in [0.4, 0.5) is 4.39 Å². The van der Waals surface area contributed by atoms with Gasteiger partial charge in [0, 0.05) is 0 Å². The van der Waals surface area contributed by atoms with E-state index in [1.807, 2.05) is 6.92 Å². The first-order chi connectivity index (χ1) is 5.65. The fourth-order valence-corrected chi connectivity index (χ4v) is 1.08. The molecule has 0 aliphatic carbocycles. The third-order valence-electron chi connectivity index (χ3n) is 1.70. The molecule has 0 fully saturated rings. The lowest BCUT2D eigenvalue weighted by atomic mass is 10.0. The van der Waals surface area contributed by atoms with Crippen LogP contribution in [-0.4, -0.2) is 0 Å². The van der Waals surface area contributed by atoms with E-state index < -0.39 is 0 Å². The lowest BCUT2D eigenvalue weighted by molar-refractivity contribution is 0.627. The van der Waals surface area contributed by atoms with Gasteiger partial charge in [0.1, 0.15) is 5.82 Å². The molecule has 1 aromatic rings. The van der Waals surface area contributed by atoms with Gasteiger partial charge in [-0.2, -0.15) is 0 Å². The molecule has 0 aromatic heterocycles. The van der Waals surface area contributed by atoms with Gasteiger partial charge in [-0.05, 0) is 30.2 Å². The quantitative estimate of drug-likeness (QED) is 0.624. The molecule has 0 saturated heterocycles. The van der Waals surface area contributed by atoms with E-state index >= 15 is 0 Å². The summed E-state index contributed by atoms with van der Waals surface area (Å²) in [6.07, 6.45) is 1.70. The predicted molar refractivity (Wildman–Crippen MR) is 51.2 cm³/mol. The molecule has 1 rings (SSSR count). The van der Waals surface area contributed by atoms with Crippen molar-refractivity contribution in [1.29, 1.82) is 0 Å². The largest absolute Gasteiger partial charge is 0.207 e. The standard InChI is InChI=1S/C11H11F/c1-4-9-5-6-10(12)7-11(9)8(2)3/h4-7H,1-2H2,3H3. The Labute approximate surface area is 72.0 Å². The van der Waals surface area contributed by atoms with E-state index in [0.717, 1.165) is 16.7 Å². The lowest BCUT2D eigenvalue weighted by Gasteiger charge is -2.04. The molecule has 1 aromatic carbocycles. The Bertz CT molecular complexity index is 324. The second-order valence-electron chi connectivity index (χ2n) is 2.72. The number of allylic oxidation sites excluding steroid dienone is 1. The molecule has 0 atom stereocenters. The highest BCUT2D eigenvalue weighted by Crippen LogP contribution is 2.19. The maximum atomic E-state index is 12.8. The Kier molecular flexibility index (Phi) is 2.44. The number of hydrogen-bond donors (Lipinski definition) is 0. The van der Waals surface area contributed by atoms with E-state index in [2.05, 4.69) is 13.2 Å². The van der Waals surface area contributed by atoms with Gasteiger partial charge in [-0.25, -0.2) is 4.39 Å². The van der Waals surface area contributed by atoms with Crippen molar-refractivity contribution < 1.29 is 4.39 Å². The van der Waals surface area contributed by atoms with E-state index in [4.69, 9.17) is 0 Å². The minimum atomic E-state index is -0.237. The van der Waals surface area contributed by atoms with Crippen LogP contribution in [0.25, 0.3) is 11.6 Å². The topological polar surface area (TPSA) is 0 Å². The van der Waals surface area contributed by atoms with Crippen LogP contribution in [0.5, 0.6) is 0 Å². The second-order valence-corrected chi connectivity index (χ2v) is 2.72. The zero-order valence-corrected chi connectivity index (χ0v) is 7.10. The van der Waals surface area contributed by atoms with E-state index in [9.17, 15) is 4.39 Å². The van der Waals surface area contributed by atoms with Crippen LogP contribution in [0.2, 0.25) is 0 Å². The number of rotatable bonds is 2. The molecule has 0 nitrogen and oxygen atoms in total. The fourth-order valence-electron chi connectivity index (χ4n) is 1.08. The van der Waals surface area contributed by atoms with Gasteiger partial charge in [-0.15, -0.1) is 0 Å². The third-order valence-corrected chi connectivity index (χ3v) is 1.70. The normalized spacial score (nSPS) is 9.50. The molecule has 0 bridgehead atoms. The number of benzene rings is 1. The van der Waals surface area contributed by atoms with Crippen molar-refractivity contribution in [3.05, 3.63) is 48.3 Å². The first kappa shape index (κ1) is 8.72. The maximum Gasteiger partial charge on any atom is 0.123 e. The van der Waals surface area contributed by atoms with E-state index in [0.29, 0.717) is 0 Å². The first-order valence-electron chi connectivity index (χ1n) is 3.73. The second kappa shape index (κ2) is 3.35. The molecular weight excluding hydrogens is 151 g/mol. The summed E-state index contributed by atoms with van der Waals surface area (Å²) in [5.74, 6) is -0.237. The van der Waals surface area contributed by atoms with Gasteiger partial charge in [0.05, 0.1) is 0 Å². The van der Waals surface area contributed by atoms with Gasteiger partial charge >= 0.3 is 0 Å². The summed E-state index contributed by atoms with van der Waals surface area (Å²) in [4.78, 5) is 0. The smallest absolute Gasteiger partial charge is 0.123 e. The SMILES string of the molecule is C=Cc1ccc(F)cc1C(=C)C. The molecule has 0 amide bonds. The van der Waals surface area contributed by atoms with Gasteiger partial charge in [0.25, 0.3) is 0 Å². The molecule has 0 radical (unpaired) electrons. The van der Waals surface area contributed by atoms with Crippen LogP contribution < -0.4 is 0 Å². The van der Waals surface area contributed by atoms with Crippen molar-refractivity contribution in [3.63, 3.8) is 0 Å². The fraction of sp³-hybridized carbons (Fsp3) is 0.0909. The van der Waals surface area contributed by atoms with Gasteiger partial charge in [-0.3, -0.25) is 0 Å². The lowest BCUT2D eigenvalue weighted by Crippen LogP contribution is -1.86. The summed E-state index contributed by atoms with van der Waals surface area (Å²) in [5.41, 5.74) is 2.60. The molecule has 0 aliphatic rings. The Morgan fingerprint density at radius 2 is 2.17 bits per heavy atom. The molecule has 12 heavy (non-hydrogen) atoms. The minimum absolute atomic E-state index is 0.237. The minimum Gasteiger partial charge on any atom is -0.207 e. The van der Waals surface area contributed by atoms with Crippen LogP contribution in [0.15, 0.2) is 31.4 Å². The van der Waals surface area contributed by atoms with Crippen molar-refractivity contribution in [2.75, 3.05) is 0 Å². The summed E-state index contributed by atoms with van der Waals surface area (Å²) in [6.45, 7) is 9.25. The predicted octanol–water partition coefficient (Wildman–Crippen LogP) is 3.50. The average Bonchev–Trinajstić information content (AvgIpc) is 2.04. The summed E-state index contributed by atoms with van der Waals surface area (Å²) in [5, 5.41) is 0. The van der Waals surface area contributed by atoms with Crippen molar-refractivity contribution in [2.45, 2.75) is 6.92 Å². The van der Waals surface area contributed by atoms with E-state index in [-0.39, 0.29) is 5.82 Å². The van der Waals surface area contributed by atoms with Gasteiger partial charge in [0.2, 0.25) is 0 Å². The Morgan fingerprint density at radius 3 is 2.67 bits per heavy atom. The first-order valence-corrected chi connectivity index (χ1v) is 3.73. The summed E-state index contributed by atoms with van der Waals surface area (Å²) < 4.78 is 12.8. The summed E-state index contributed by atoms with van der Waals surface area (Å²) in [6, 6.07) is 4.59. The number of hydrogen-bond acceptors (Lipinski definition) is 0. The van der Waals surface area contributed by atoms with Crippen molar-refractivity contribution >= 4 is 11.6 Å². The number of halogens is 1. The highest BCUT2D eigenvalue weighted by Gasteiger charge is 2.00. The molecule has 1 heteroatoms. The molecule has 62 valence electrons. The highest BCUT2D eigenvalue weighted by molar-refractivity contribution is 5.71. The molecule has 0 N–H and O–H groups in total. The van der Waals surface area contributed by atoms with Crippen LogP contribution in [0.3, 0.4) is 0 Å². The summed E-state index contributed by atoms with van der Waals surface area (Å²) >= 11 is 0. The van der Waals surface area contributed by atoms with Crippen molar-refractivity contribution in [1.82, 2.24) is 0 Å². The molecule has 0 unspecified atom stereocenters. The molecule has 0 aliphatic heterocycles. The Morgan fingerprint density at radius 1 is 1.50 bits per heavy atom. The van der Waals surface area contributed by atoms with Crippen LogP contribution >= 0.6 is 0 Å². The third kappa shape index (κ3) is 1.62. The molecule has 0 saturated carbocycles. The zero-order chi connectivity index (χ0) is 9.14. The Hall–Kier alpha value is -1.37. The van der Waals surface area contributed by atoms with Gasteiger partial charge < -0.3 is 0 Å². The van der Waals surface area contributed by atoms with Crippen molar-refractivity contribution in [2.24, 2.45) is 0 Å². The summed E-state index contributed by atoms with van der Waals surface area (Å²) in [7, 11) is 0. The van der Waals surface area contributed by atoms with Crippen LogP contribution in [0, 0.1) is 5.82 Å². The van der Waals surface area contributed by atoms with Crippen molar-refractivity contribution in [3.8, 4) is 0 Å². The molecule has 0 heterocycles. The van der Waals surface area contributed by atoms with Gasteiger partial charge in [0.15, 0.2) is 0 Å². The average molecular weight is 162 g/mol. The van der Waals surface area contributed by atoms with Crippen LogP contribution in [0.1, 0.15) is 18.1 Å². The van der Waals surface area contributed by atoms with Gasteiger partial charge in [-0.1, -0.05) is 30.9 Å². The van der Waals surface area contributed by atoms with E-state index in [1.165, 1.54) is 12.1 Å². The Balaban J connectivity index is 3.30. The zero-order valence-electron chi connectivity index (χ0n) is 7.10. The maximum absolute atomic E-state index is 12.8. The molecule has 0 spiro atoms.